The van der Waals surface area contributed by atoms with E-state index >= 15 is 0 Å². The molecule has 0 aromatic heterocycles. The molecule has 1 atom stereocenters. The number of nitrogens with two attached hydrogens (primary N) is 1. The molecule has 17 heavy (non-hydrogen) atoms. The zero-order valence-corrected chi connectivity index (χ0v) is 10.8. The number of phenols is 1. The summed E-state index contributed by atoms with van der Waals surface area (Å²) in [5.74, 6) is -0.0376. The van der Waals surface area contributed by atoms with Gasteiger partial charge in [0.2, 0.25) is 5.91 Å². The number of aromatic hydroxyl groups is 1. The summed E-state index contributed by atoms with van der Waals surface area (Å²) in [5.41, 5.74) is 7.00. The van der Waals surface area contributed by atoms with Gasteiger partial charge in [0.25, 0.3) is 0 Å². The van der Waals surface area contributed by atoms with Crippen LogP contribution in [0.25, 0.3) is 0 Å². The minimum atomic E-state index is -0.896. The van der Waals surface area contributed by atoms with Gasteiger partial charge in [-0.25, -0.2) is 0 Å². The second kappa shape index (κ2) is 4.75. The number of nitrogens with one attached hydrogen (secondary N) is 1. The van der Waals surface area contributed by atoms with Crippen molar-refractivity contribution in [3.63, 3.8) is 0 Å². The Kier molecular flexibility index (Phi) is 3.78. The Labute approximate surface area is 102 Å². The molecule has 1 aromatic carbocycles. The molecule has 94 valence electrons. The standard InChI is InChI=1S/C13H20N2O2/c1-5-13(4,14)12(17)15-10-7-6-8(2)11(16)9(10)3/h6-7,16H,5,14H2,1-4H3,(H,15,17). The van der Waals surface area contributed by atoms with E-state index in [9.17, 15) is 9.90 Å². The van der Waals surface area contributed by atoms with Crippen molar-refractivity contribution in [3.8, 4) is 5.75 Å². The molecule has 0 aliphatic heterocycles. The third-order valence-electron chi connectivity index (χ3n) is 3.13. The monoisotopic (exact) mass is 236 g/mol. The van der Waals surface area contributed by atoms with E-state index in [0.717, 1.165) is 5.56 Å². The van der Waals surface area contributed by atoms with Gasteiger partial charge in [0.05, 0.1) is 5.54 Å². The first-order chi connectivity index (χ1) is 7.79. The first kappa shape index (κ1) is 13.5. The van der Waals surface area contributed by atoms with Crippen LogP contribution in [0.4, 0.5) is 5.69 Å². The molecule has 1 unspecified atom stereocenters. The van der Waals surface area contributed by atoms with E-state index in [1.54, 1.807) is 26.0 Å². The molecular formula is C13H20N2O2. The van der Waals surface area contributed by atoms with Gasteiger partial charge in [0.1, 0.15) is 5.75 Å². The molecule has 0 bridgehead atoms. The molecular weight excluding hydrogens is 216 g/mol. The average molecular weight is 236 g/mol. The molecule has 1 amide bonds. The second-order valence-electron chi connectivity index (χ2n) is 4.63. The number of hydrogen-bond donors (Lipinski definition) is 3. The van der Waals surface area contributed by atoms with Gasteiger partial charge in [-0.05, 0) is 38.8 Å². The Bertz CT molecular complexity index is 439. The van der Waals surface area contributed by atoms with Gasteiger partial charge in [0, 0.05) is 11.3 Å². The second-order valence-corrected chi connectivity index (χ2v) is 4.63. The van der Waals surface area contributed by atoms with Crippen molar-refractivity contribution < 1.29 is 9.90 Å². The zero-order valence-electron chi connectivity index (χ0n) is 10.8. The highest BCUT2D eigenvalue weighted by atomic mass is 16.3. The Balaban J connectivity index is 2.98. The predicted molar refractivity (Wildman–Crippen MR) is 69.1 cm³/mol. The van der Waals surface area contributed by atoms with Crippen molar-refractivity contribution in [2.24, 2.45) is 5.73 Å². The highest BCUT2D eigenvalue weighted by Crippen LogP contribution is 2.28. The van der Waals surface area contributed by atoms with Gasteiger partial charge < -0.3 is 16.2 Å². The quantitative estimate of drug-likeness (QED) is 0.752. The minimum absolute atomic E-state index is 0.207. The minimum Gasteiger partial charge on any atom is -0.507 e. The van der Waals surface area contributed by atoms with E-state index in [1.165, 1.54) is 0 Å². The van der Waals surface area contributed by atoms with Crippen LogP contribution < -0.4 is 11.1 Å². The maximum atomic E-state index is 11.9. The van der Waals surface area contributed by atoms with E-state index in [2.05, 4.69) is 5.32 Å². The Morgan fingerprint density at radius 3 is 2.59 bits per heavy atom. The van der Waals surface area contributed by atoms with Gasteiger partial charge in [-0.15, -0.1) is 0 Å². The van der Waals surface area contributed by atoms with Crippen LogP contribution in [-0.4, -0.2) is 16.6 Å². The van der Waals surface area contributed by atoms with Crippen molar-refractivity contribution >= 4 is 11.6 Å². The topological polar surface area (TPSA) is 75.4 Å². The van der Waals surface area contributed by atoms with Crippen LogP contribution >= 0.6 is 0 Å². The highest BCUT2D eigenvalue weighted by Gasteiger charge is 2.26. The van der Waals surface area contributed by atoms with Crippen LogP contribution in [0, 0.1) is 13.8 Å². The van der Waals surface area contributed by atoms with E-state index in [1.807, 2.05) is 13.8 Å². The molecule has 0 heterocycles. The maximum absolute atomic E-state index is 11.9. The molecule has 4 heteroatoms. The van der Waals surface area contributed by atoms with Gasteiger partial charge >= 0.3 is 0 Å². The van der Waals surface area contributed by atoms with Crippen molar-refractivity contribution in [2.75, 3.05) is 5.32 Å². The summed E-state index contributed by atoms with van der Waals surface area (Å²) in [5, 5.41) is 12.5. The first-order valence-corrected chi connectivity index (χ1v) is 5.69. The Hall–Kier alpha value is -1.55. The Morgan fingerprint density at radius 1 is 1.47 bits per heavy atom. The van der Waals surface area contributed by atoms with Crippen LogP contribution in [0.2, 0.25) is 0 Å². The first-order valence-electron chi connectivity index (χ1n) is 5.69. The molecule has 0 fully saturated rings. The maximum Gasteiger partial charge on any atom is 0.244 e. The summed E-state index contributed by atoms with van der Waals surface area (Å²) >= 11 is 0. The molecule has 4 nitrogen and oxygen atoms in total. The highest BCUT2D eigenvalue weighted by molar-refractivity contribution is 5.98. The summed E-state index contributed by atoms with van der Waals surface area (Å²) in [7, 11) is 0. The molecule has 0 spiro atoms. The SMILES string of the molecule is CCC(C)(N)C(=O)Nc1ccc(C)c(O)c1C. The number of hydrogen-bond acceptors (Lipinski definition) is 3. The number of phenolic OH excluding ortho intramolecular Hbond substituents is 1. The smallest absolute Gasteiger partial charge is 0.244 e. The van der Waals surface area contributed by atoms with Crippen LogP contribution in [-0.2, 0) is 4.79 Å². The summed E-state index contributed by atoms with van der Waals surface area (Å²) in [6.45, 7) is 7.12. The largest absolute Gasteiger partial charge is 0.507 e. The molecule has 0 aliphatic carbocycles. The lowest BCUT2D eigenvalue weighted by Crippen LogP contribution is -2.47. The van der Waals surface area contributed by atoms with Crippen LogP contribution in [0.15, 0.2) is 12.1 Å². The third kappa shape index (κ3) is 2.77. The van der Waals surface area contributed by atoms with E-state index < -0.39 is 5.54 Å². The van der Waals surface area contributed by atoms with Crippen LogP contribution in [0.1, 0.15) is 31.4 Å². The molecule has 0 radical (unpaired) electrons. The Morgan fingerprint density at radius 2 is 2.06 bits per heavy atom. The fraction of sp³-hybridized carbons (Fsp3) is 0.462. The molecule has 0 aliphatic rings. The number of aryl methyl sites for hydroxylation is 1. The van der Waals surface area contributed by atoms with Gasteiger partial charge in [-0.2, -0.15) is 0 Å². The van der Waals surface area contributed by atoms with Crippen molar-refractivity contribution in [1.29, 1.82) is 0 Å². The molecule has 4 N–H and O–H groups in total. The van der Waals surface area contributed by atoms with Gasteiger partial charge in [0.15, 0.2) is 0 Å². The summed E-state index contributed by atoms with van der Waals surface area (Å²) in [6.07, 6.45) is 0.551. The lowest BCUT2D eigenvalue weighted by atomic mass is 9.99. The van der Waals surface area contributed by atoms with Crippen LogP contribution in [0.5, 0.6) is 5.75 Å². The van der Waals surface area contributed by atoms with Crippen LogP contribution in [0.3, 0.4) is 0 Å². The fourth-order valence-corrected chi connectivity index (χ4v) is 1.40. The predicted octanol–water partition coefficient (Wildman–Crippen LogP) is 2.07. The lowest BCUT2D eigenvalue weighted by molar-refractivity contribution is -0.120. The summed E-state index contributed by atoms with van der Waals surface area (Å²) in [4.78, 5) is 11.9. The third-order valence-corrected chi connectivity index (χ3v) is 3.13. The number of anilines is 1. The number of rotatable bonds is 3. The summed E-state index contributed by atoms with van der Waals surface area (Å²) in [6, 6.07) is 3.53. The number of benzene rings is 1. The number of amides is 1. The van der Waals surface area contributed by atoms with Crippen molar-refractivity contribution in [1.82, 2.24) is 0 Å². The lowest BCUT2D eigenvalue weighted by Gasteiger charge is -2.22. The van der Waals surface area contributed by atoms with Crippen molar-refractivity contribution in [2.45, 2.75) is 39.7 Å². The average Bonchev–Trinajstić information content (AvgIpc) is 2.29. The van der Waals surface area contributed by atoms with E-state index in [4.69, 9.17) is 5.73 Å². The molecule has 1 rings (SSSR count). The van der Waals surface area contributed by atoms with Crippen molar-refractivity contribution in [3.05, 3.63) is 23.3 Å². The number of carbonyl (C=O) groups is 1. The van der Waals surface area contributed by atoms with Gasteiger partial charge in [-0.3, -0.25) is 4.79 Å². The zero-order chi connectivity index (χ0) is 13.2. The molecule has 1 aromatic rings. The number of carbonyl (C=O) groups excluding carboxylic acids is 1. The van der Waals surface area contributed by atoms with Gasteiger partial charge in [-0.1, -0.05) is 13.0 Å². The van der Waals surface area contributed by atoms with E-state index in [-0.39, 0.29) is 11.7 Å². The normalized spacial score (nSPS) is 14.2. The summed E-state index contributed by atoms with van der Waals surface area (Å²) < 4.78 is 0. The van der Waals surface area contributed by atoms with E-state index in [0.29, 0.717) is 17.7 Å². The molecule has 0 saturated heterocycles. The molecule has 0 saturated carbocycles. The fourth-order valence-electron chi connectivity index (χ4n) is 1.40.